The van der Waals surface area contributed by atoms with E-state index in [-0.39, 0.29) is 37.6 Å². The molecule has 30 heavy (non-hydrogen) atoms. The Morgan fingerprint density at radius 1 is 1.03 bits per heavy atom. The minimum atomic E-state index is -0.556. The van der Waals surface area contributed by atoms with E-state index in [4.69, 9.17) is 5.26 Å². The third kappa shape index (κ3) is 7.28. The molecular formula is C22H24N4O4. The Labute approximate surface area is 175 Å². The first-order chi connectivity index (χ1) is 14.5. The molecule has 3 amide bonds. The van der Waals surface area contributed by atoms with Crippen LogP contribution < -0.4 is 15.5 Å². The van der Waals surface area contributed by atoms with E-state index in [1.807, 2.05) is 24.3 Å². The van der Waals surface area contributed by atoms with Crippen molar-refractivity contribution in [3.8, 4) is 6.07 Å². The lowest BCUT2D eigenvalue weighted by molar-refractivity contribution is -0.125. The maximum absolute atomic E-state index is 12.6. The van der Waals surface area contributed by atoms with Gasteiger partial charge >= 0.3 is 6.09 Å². The van der Waals surface area contributed by atoms with Crippen molar-refractivity contribution in [2.24, 2.45) is 0 Å². The normalized spacial score (nSPS) is 9.87. The number of carbonyl (C=O) groups is 3. The van der Waals surface area contributed by atoms with E-state index >= 15 is 0 Å². The van der Waals surface area contributed by atoms with E-state index in [2.05, 4.69) is 15.4 Å². The van der Waals surface area contributed by atoms with Gasteiger partial charge in [-0.1, -0.05) is 30.3 Å². The predicted octanol–water partition coefficient (Wildman–Crippen LogP) is 3.21. The number of anilines is 2. The number of methoxy groups -OCH3 is 1. The fourth-order valence-electron chi connectivity index (χ4n) is 2.69. The van der Waals surface area contributed by atoms with Gasteiger partial charge in [0.05, 0.1) is 19.6 Å². The average molecular weight is 408 g/mol. The van der Waals surface area contributed by atoms with Crippen LogP contribution in [-0.4, -0.2) is 31.6 Å². The number of nitrogens with one attached hydrogen (secondary N) is 2. The van der Waals surface area contributed by atoms with Crippen LogP contribution in [0.2, 0.25) is 0 Å². The molecule has 0 saturated heterocycles. The zero-order valence-electron chi connectivity index (χ0n) is 16.8. The molecule has 0 saturated carbocycles. The summed E-state index contributed by atoms with van der Waals surface area (Å²) in [5.41, 5.74) is 2.14. The fourth-order valence-corrected chi connectivity index (χ4v) is 2.69. The lowest BCUT2D eigenvalue weighted by atomic mass is 10.2. The molecule has 0 aliphatic rings. The first-order valence-electron chi connectivity index (χ1n) is 9.46. The van der Waals surface area contributed by atoms with Crippen LogP contribution in [0.1, 0.15) is 24.8 Å². The molecule has 0 aliphatic heterocycles. The number of hydrogen-bond donors (Lipinski definition) is 2. The summed E-state index contributed by atoms with van der Waals surface area (Å²) in [4.78, 5) is 37.4. The Morgan fingerprint density at radius 2 is 1.73 bits per heavy atom. The number of hydrogen-bond acceptors (Lipinski definition) is 5. The summed E-state index contributed by atoms with van der Waals surface area (Å²) in [5.74, 6) is -0.446. The van der Waals surface area contributed by atoms with E-state index in [0.717, 1.165) is 5.56 Å². The standard InChI is InChI=1S/C22H24N4O4/c1-30-22(29)25-18-10-8-17(9-11-18)16-24-20(27)12-13-21(28)26(15-5-14-23)19-6-3-2-4-7-19/h2-4,6-11H,5,12-13,15-16H2,1H3,(H,24,27)(H,25,29). The molecule has 2 aromatic rings. The SMILES string of the molecule is COC(=O)Nc1ccc(CNC(=O)CCC(=O)N(CCC#N)c2ccccc2)cc1. The molecule has 0 atom stereocenters. The molecule has 0 fully saturated rings. The lowest BCUT2D eigenvalue weighted by Gasteiger charge is -2.21. The van der Waals surface area contributed by atoms with Crippen molar-refractivity contribution in [2.75, 3.05) is 23.9 Å². The zero-order chi connectivity index (χ0) is 21.8. The Morgan fingerprint density at radius 3 is 2.37 bits per heavy atom. The summed E-state index contributed by atoms with van der Waals surface area (Å²) < 4.78 is 4.52. The van der Waals surface area contributed by atoms with Crippen molar-refractivity contribution < 1.29 is 19.1 Å². The van der Waals surface area contributed by atoms with Gasteiger partial charge in [0.1, 0.15) is 0 Å². The van der Waals surface area contributed by atoms with Gasteiger partial charge in [0.25, 0.3) is 0 Å². The summed E-state index contributed by atoms with van der Waals surface area (Å²) in [6.07, 6.45) is -0.238. The second kappa shape index (κ2) is 11.9. The largest absolute Gasteiger partial charge is 0.453 e. The molecule has 0 aliphatic carbocycles. The summed E-state index contributed by atoms with van der Waals surface area (Å²) in [7, 11) is 1.28. The van der Waals surface area contributed by atoms with Gasteiger partial charge in [0, 0.05) is 37.3 Å². The third-order valence-electron chi connectivity index (χ3n) is 4.26. The number of ether oxygens (including phenoxy) is 1. The highest BCUT2D eigenvalue weighted by Crippen LogP contribution is 2.16. The second-order valence-electron chi connectivity index (χ2n) is 6.38. The van der Waals surface area contributed by atoms with Crippen molar-refractivity contribution in [3.05, 3.63) is 60.2 Å². The summed E-state index contributed by atoms with van der Waals surface area (Å²) in [6.45, 7) is 0.593. The minimum Gasteiger partial charge on any atom is -0.453 e. The maximum Gasteiger partial charge on any atom is 0.411 e. The number of rotatable bonds is 9. The number of para-hydroxylation sites is 1. The van der Waals surface area contributed by atoms with Crippen LogP contribution in [0.4, 0.5) is 16.2 Å². The van der Waals surface area contributed by atoms with Crippen LogP contribution in [0.25, 0.3) is 0 Å². The van der Waals surface area contributed by atoms with Gasteiger partial charge in [-0.2, -0.15) is 5.26 Å². The second-order valence-corrected chi connectivity index (χ2v) is 6.38. The molecule has 0 heterocycles. The van der Waals surface area contributed by atoms with E-state index in [1.54, 1.807) is 36.4 Å². The molecule has 0 aromatic heterocycles. The van der Waals surface area contributed by atoms with Gasteiger partial charge in [-0.3, -0.25) is 14.9 Å². The Kier molecular flexibility index (Phi) is 8.87. The van der Waals surface area contributed by atoms with Crippen molar-refractivity contribution in [3.63, 3.8) is 0 Å². The highest BCUT2D eigenvalue weighted by molar-refractivity contribution is 5.95. The Balaban J connectivity index is 1.82. The van der Waals surface area contributed by atoms with Gasteiger partial charge in [-0.05, 0) is 29.8 Å². The molecule has 2 N–H and O–H groups in total. The number of amides is 3. The van der Waals surface area contributed by atoms with Crippen molar-refractivity contribution in [1.29, 1.82) is 5.26 Å². The number of nitrogens with zero attached hydrogens (tertiary/aromatic N) is 2. The van der Waals surface area contributed by atoms with E-state index in [0.29, 0.717) is 17.9 Å². The molecule has 0 bridgehead atoms. The topological polar surface area (TPSA) is 112 Å². The van der Waals surface area contributed by atoms with Crippen LogP contribution in [0.15, 0.2) is 54.6 Å². The molecule has 2 aromatic carbocycles. The summed E-state index contributed by atoms with van der Waals surface area (Å²) in [5, 5.41) is 14.2. The molecule has 0 unspecified atom stereocenters. The van der Waals surface area contributed by atoms with Crippen LogP contribution in [0.3, 0.4) is 0 Å². The first-order valence-corrected chi connectivity index (χ1v) is 9.46. The first kappa shape index (κ1) is 22.4. The monoisotopic (exact) mass is 408 g/mol. The average Bonchev–Trinajstić information content (AvgIpc) is 2.78. The van der Waals surface area contributed by atoms with Crippen LogP contribution >= 0.6 is 0 Å². The molecule has 2 rings (SSSR count). The van der Waals surface area contributed by atoms with Gasteiger partial charge in [0.2, 0.25) is 11.8 Å². The highest BCUT2D eigenvalue weighted by Gasteiger charge is 2.16. The zero-order valence-corrected chi connectivity index (χ0v) is 16.8. The smallest absolute Gasteiger partial charge is 0.411 e. The van der Waals surface area contributed by atoms with E-state index in [1.165, 1.54) is 12.0 Å². The van der Waals surface area contributed by atoms with E-state index in [9.17, 15) is 14.4 Å². The van der Waals surface area contributed by atoms with Gasteiger partial charge in [0.15, 0.2) is 0 Å². The van der Waals surface area contributed by atoms with Crippen LogP contribution in [-0.2, 0) is 20.9 Å². The summed E-state index contributed by atoms with van der Waals surface area (Å²) >= 11 is 0. The molecule has 156 valence electrons. The molecule has 0 radical (unpaired) electrons. The van der Waals surface area contributed by atoms with Crippen molar-refractivity contribution in [2.45, 2.75) is 25.8 Å². The predicted molar refractivity (Wildman–Crippen MR) is 113 cm³/mol. The van der Waals surface area contributed by atoms with Crippen molar-refractivity contribution >= 4 is 29.3 Å². The maximum atomic E-state index is 12.6. The minimum absolute atomic E-state index is 0.0497. The molecule has 0 spiro atoms. The number of benzene rings is 2. The quantitative estimate of drug-likeness (QED) is 0.662. The van der Waals surface area contributed by atoms with Crippen LogP contribution in [0, 0.1) is 11.3 Å². The molecular weight excluding hydrogens is 384 g/mol. The van der Waals surface area contributed by atoms with Gasteiger partial charge in [-0.25, -0.2) is 4.79 Å². The van der Waals surface area contributed by atoms with Gasteiger partial charge < -0.3 is 15.0 Å². The third-order valence-corrected chi connectivity index (χ3v) is 4.26. The number of nitriles is 1. The fraction of sp³-hybridized carbons (Fsp3) is 0.273. The lowest BCUT2D eigenvalue weighted by Crippen LogP contribution is -2.33. The van der Waals surface area contributed by atoms with Crippen molar-refractivity contribution in [1.82, 2.24) is 5.32 Å². The summed E-state index contributed by atoms with van der Waals surface area (Å²) in [6, 6.07) is 18.1. The highest BCUT2D eigenvalue weighted by atomic mass is 16.5. The molecule has 8 nitrogen and oxygen atoms in total. The van der Waals surface area contributed by atoms with Gasteiger partial charge in [-0.15, -0.1) is 0 Å². The Hall–Kier alpha value is -3.86. The molecule has 8 heteroatoms. The number of carbonyl (C=O) groups excluding carboxylic acids is 3. The van der Waals surface area contributed by atoms with Crippen LogP contribution in [0.5, 0.6) is 0 Å². The van der Waals surface area contributed by atoms with E-state index < -0.39 is 6.09 Å². The Bertz CT molecular complexity index is 892.